The van der Waals surface area contributed by atoms with Gasteiger partial charge in [0.05, 0.1) is 16.8 Å². The number of aryl methyl sites for hydroxylation is 1. The van der Waals surface area contributed by atoms with Crippen LogP contribution in [0.15, 0.2) is 40.9 Å². The van der Waals surface area contributed by atoms with Crippen LogP contribution in [0.5, 0.6) is 0 Å². The average Bonchev–Trinajstić information content (AvgIpc) is 2.43. The topological polar surface area (TPSA) is 66.4 Å². The Hall–Kier alpha value is -2.21. The molecule has 2 N–H and O–H groups in total. The lowest BCUT2D eigenvalue weighted by atomic mass is 10.1. The Balaban J connectivity index is 2.33. The lowest BCUT2D eigenvalue weighted by molar-refractivity contribution is 0.0696. The van der Waals surface area contributed by atoms with E-state index in [1.54, 1.807) is 12.1 Å². The van der Waals surface area contributed by atoms with Gasteiger partial charge in [-0.15, -0.1) is 0 Å². The number of aromatic carboxylic acids is 1. The Labute approximate surface area is 128 Å². The van der Waals surface area contributed by atoms with Crippen molar-refractivity contribution in [3.05, 3.63) is 63.4 Å². The van der Waals surface area contributed by atoms with Crippen LogP contribution in [0.3, 0.4) is 0 Å². The molecule has 2 aromatic rings. The number of carbonyl (C=O) groups is 2. The maximum Gasteiger partial charge on any atom is 0.335 e. The molecule has 21 heavy (non-hydrogen) atoms. The van der Waals surface area contributed by atoms with Crippen LogP contribution in [-0.4, -0.2) is 17.0 Å². The maximum absolute atomic E-state index is 13.7. The van der Waals surface area contributed by atoms with Gasteiger partial charge in [0, 0.05) is 4.47 Å². The van der Waals surface area contributed by atoms with Crippen LogP contribution >= 0.6 is 15.9 Å². The summed E-state index contributed by atoms with van der Waals surface area (Å²) in [5, 5.41) is 11.3. The van der Waals surface area contributed by atoms with Gasteiger partial charge in [-0.2, -0.15) is 0 Å². The van der Waals surface area contributed by atoms with Crippen molar-refractivity contribution in [2.45, 2.75) is 6.92 Å². The Morgan fingerprint density at radius 3 is 2.62 bits per heavy atom. The normalized spacial score (nSPS) is 10.2. The van der Waals surface area contributed by atoms with E-state index in [2.05, 4.69) is 21.2 Å². The zero-order valence-electron chi connectivity index (χ0n) is 11.0. The SMILES string of the molecule is Cc1cccc(C(=O)Nc2cc(C(=O)O)ccc2F)c1Br. The first-order valence-electron chi connectivity index (χ1n) is 5.99. The summed E-state index contributed by atoms with van der Waals surface area (Å²) >= 11 is 3.30. The highest BCUT2D eigenvalue weighted by Gasteiger charge is 2.15. The summed E-state index contributed by atoms with van der Waals surface area (Å²) in [5.41, 5.74) is 0.931. The molecule has 0 aliphatic carbocycles. The fourth-order valence-corrected chi connectivity index (χ4v) is 2.21. The molecule has 0 radical (unpaired) electrons. The fraction of sp³-hybridized carbons (Fsp3) is 0.0667. The summed E-state index contributed by atoms with van der Waals surface area (Å²) in [6.45, 7) is 1.83. The Bertz CT molecular complexity index is 731. The zero-order valence-corrected chi connectivity index (χ0v) is 12.6. The Morgan fingerprint density at radius 2 is 1.95 bits per heavy atom. The van der Waals surface area contributed by atoms with Crippen molar-refractivity contribution >= 4 is 33.5 Å². The molecule has 2 aromatic carbocycles. The smallest absolute Gasteiger partial charge is 0.335 e. The Morgan fingerprint density at radius 1 is 1.24 bits per heavy atom. The Kier molecular flexibility index (Phi) is 4.37. The third-order valence-electron chi connectivity index (χ3n) is 2.90. The van der Waals surface area contributed by atoms with Crippen molar-refractivity contribution in [2.75, 3.05) is 5.32 Å². The molecule has 0 aliphatic heterocycles. The summed E-state index contributed by atoms with van der Waals surface area (Å²) in [5.74, 6) is -2.41. The molecule has 4 nitrogen and oxygen atoms in total. The second kappa shape index (κ2) is 6.05. The van der Waals surface area contributed by atoms with Gasteiger partial charge in [0.15, 0.2) is 0 Å². The van der Waals surface area contributed by atoms with Crippen LogP contribution in [0.1, 0.15) is 26.3 Å². The predicted octanol–water partition coefficient (Wildman–Crippen LogP) is 3.85. The van der Waals surface area contributed by atoms with Gasteiger partial charge in [-0.1, -0.05) is 12.1 Å². The summed E-state index contributed by atoms with van der Waals surface area (Å²) in [7, 11) is 0. The van der Waals surface area contributed by atoms with Crippen molar-refractivity contribution < 1.29 is 19.1 Å². The molecule has 0 unspecified atom stereocenters. The molecule has 0 aliphatic rings. The highest BCUT2D eigenvalue weighted by atomic mass is 79.9. The largest absolute Gasteiger partial charge is 0.478 e. The highest BCUT2D eigenvalue weighted by molar-refractivity contribution is 9.10. The molecule has 0 fully saturated rings. The van der Waals surface area contributed by atoms with Crippen LogP contribution < -0.4 is 5.32 Å². The number of amides is 1. The standard InChI is InChI=1S/C15H11BrFNO3/c1-8-3-2-4-10(13(8)16)14(19)18-12-7-9(15(20)21)5-6-11(12)17/h2-7H,1H3,(H,18,19)(H,20,21). The first-order valence-corrected chi connectivity index (χ1v) is 6.78. The second-order valence-electron chi connectivity index (χ2n) is 4.39. The third-order valence-corrected chi connectivity index (χ3v) is 3.95. The van der Waals surface area contributed by atoms with Gasteiger partial charge in [-0.25, -0.2) is 9.18 Å². The molecule has 0 bridgehead atoms. The van der Waals surface area contributed by atoms with E-state index in [9.17, 15) is 14.0 Å². The van der Waals surface area contributed by atoms with E-state index < -0.39 is 17.7 Å². The number of benzene rings is 2. The van der Waals surface area contributed by atoms with E-state index >= 15 is 0 Å². The summed E-state index contributed by atoms with van der Waals surface area (Å²) in [6.07, 6.45) is 0. The highest BCUT2D eigenvalue weighted by Crippen LogP contribution is 2.23. The van der Waals surface area contributed by atoms with Crippen molar-refractivity contribution in [3.8, 4) is 0 Å². The summed E-state index contributed by atoms with van der Waals surface area (Å²) < 4.78 is 14.3. The van der Waals surface area contributed by atoms with Gasteiger partial charge < -0.3 is 10.4 Å². The number of halogens is 2. The van der Waals surface area contributed by atoms with Crippen molar-refractivity contribution in [3.63, 3.8) is 0 Å². The average molecular weight is 352 g/mol. The van der Waals surface area contributed by atoms with Crippen molar-refractivity contribution in [2.24, 2.45) is 0 Å². The maximum atomic E-state index is 13.7. The predicted molar refractivity (Wildman–Crippen MR) is 80.2 cm³/mol. The van der Waals surface area contributed by atoms with Gasteiger partial charge in [0.1, 0.15) is 5.82 Å². The summed E-state index contributed by atoms with van der Waals surface area (Å²) in [4.78, 5) is 23.0. The molecule has 0 saturated carbocycles. The van der Waals surface area contributed by atoms with Crippen LogP contribution in [0.2, 0.25) is 0 Å². The van der Waals surface area contributed by atoms with Crippen LogP contribution in [0.4, 0.5) is 10.1 Å². The van der Waals surface area contributed by atoms with E-state index in [1.165, 1.54) is 0 Å². The van der Waals surface area contributed by atoms with Gasteiger partial charge in [0.2, 0.25) is 0 Å². The molecule has 0 saturated heterocycles. The van der Waals surface area contributed by atoms with E-state index in [-0.39, 0.29) is 11.3 Å². The minimum atomic E-state index is -1.19. The van der Waals surface area contributed by atoms with E-state index in [1.807, 2.05) is 13.0 Å². The molecular formula is C15H11BrFNO3. The minimum absolute atomic E-state index is 0.102. The molecule has 0 spiro atoms. The van der Waals surface area contributed by atoms with Crippen molar-refractivity contribution in [1.82, 2.24) is 0 Å². The molecule has 2 rings (SSSR count). The number of anilines is 1. The lowest BCUT2D eigenvalue weighted by Crippen LogP contribution is -2.14. The van der Waals surface area contributed by atoms with Crippen LogP contribution in [0, 0.1) is 12.7 Å². The number of hydrogen-bond donors (Lipinski definition) is 2. The monoisotopic (exact) mass is 351 g/mol. The summed E-state index contributed by atoms with van der Waals surface area (Å²) in [6, 6.07) is 8.34. The number of carbonyl (C=O) groups excluding carboxylic acids is 1. The van der Waals surface area contributed by atoms with Crippen molar-refractivity contribution in [1.29, 1.82) is 0 Å². The quantitative estimate of drug-likeness (QED) is 0.882. The van der Waals surface area contributed by atoms with Gasteiger partial charge in [-0.3, -0.25) is 4.79 Å². The number of nitrogens with one attached hydrogen (secondary N) is 1. The van der Waals surface area contributed by atoms with Crippen LogP contribution in [0.25, 0.3) is 0 Å². The molecule has 6 heteroatoms. The first kappa shape index (κ1) is 15.2. The molecule has 1 amide bonds. The molecule has 0 atom stereocenters. The zero-order chi connectivity index (χ0) is 15.6. The third kappa shape index (κ3) is 3.28. The van der Waals surface area contributed by atoms with E-state index in [0.29, 0.717) is 10.0 Å². The lowest BCUT2D eigenvalue weighted by Gasteiger charge is -2.10. The van der Waals surface area contributed by atoms with E-state index in [0.717, 1.165) is 23.8 Å². The second-order valence-corrected chi connectivity index (χ2v) is 5.18. The fourth-order valence-electron chi connectivity index (χ4n) is 1.77. The molecule has 0 heterocycles. The van der Waals surface area contributed by atoms with Gasteiger partial charge in [0.25, 0.3) is 5.91 Å². The van der Waals surface area contributed by atoms with E-state index in [4.69, 9.17) is 5.11 Å². The van der Waals surface area contributed by atoms with Gasteiger partial charge in [-0.05, 0) is 52.7 Å². The number of hydrogen-bond acceptors (Lipinski definition) is 2. The molecule has 0 aromatic heterocycles. The molecule has 108 valence electrons. The minimum Gasteiger partial charge on any atom is -0.478 e. The first-order chi connectivity index (χ1) is 9.90. The number of rotatable bonds is 3. The molecular weight excluding hydrogens is 341 g/mol. The van der Waals surface area contributed by atoms with Crippen LogP contribution in [-0.2, 0) is 0 Å². The van der Waals surface area contributed by atoms with Gasteiger partial charge >= 0.3 is 5.97 Å². The number of carboxylic acids is 1. The number of carboxylic acid groups (broad SMARTS) is 1.